The third-order valence-electron chi connectivity index (χ3n) is 6.69. The lowest BCUT2D eigenvalue weighted by Gasteiger charge is -2.57. The number of aliphatic hydroxyl groups excluding tert-OH is 1. The molecule has 0 heterocycles. The maximum Gasteiger partial charge on any atom is 0.178 e. The fraction of sp³-hybridized carbons (Fsp3) is 0.684. The molecule has 0 amide bonds. The van der Waals surface area contributed by atoms with Crippen molar-refractivity contribution in [3.63, 3.8) is 0 Å². The molecule has 0 atom stereocenters. The van der Waals surface area contributed by atoms with Gasteiger partial charge in [-0.05, 0) is 58.8 Å². The summed E-state index contributed by atoms with van der Waals surface area (Å²) in [6, 6.07) is 2.16. The van der Waals surface area contributed by atoms with Gasteiger partial charge < -0.3 is 10.2 Å². The van der Waals surface area contributed by atoms with Crippen LogP contribution < -0.4 is 0 Å². The third-order valence-corrected chi connectivity index (χ3v) is 6.69. The Kier molecular flexibility index (Phi) is 3.59. The second-order valence-corrected chi connectivity index (χ2v) is 8.45. The summed E-state index contributed by atoms with van der Waals surface area (Å²) in [5.74, 6) is 0. The molecule has 2 heteroatoms. The highest BCUT2D eigenvalue weighted by molar-refractivity contribution is 5.52. The molecule has 0 bridgehead atoms. The minimum Gasteiger partial charge on any atom is -0.364 e. The van der Waals surface area contributed by atoms with Gasteiger partial charge in [-0.25, -0.2) is 0 Å². The van der Waals surface area contributed by atoms with Gasteiger partial charge >= 0.3 is 0 Å². The minimum absolute atomic E-state index is 0.0223. The van der Waals surface area contributed by atoms with Crippen LogP contribution in [-0.4, -0.2) is 10.2 Å². The van der Waals surface area contributed by atoms with Gasteiger partial charge in [0.1, 0.15) is 0 Å². The van der Waals surface area contributed by atoms with Gasteiger partial charge in [-0.1, -0.05) is 47.6 Å². The van der Waals surface area contributed by atoms with Crippen LogP contribution in [0.4, 0.5) is 0 Å². The van der Waals surface area contributed by atoms with Gasteiger partial charge in [-0.15, -0.1) is 0 Å². The molecular weight excluding hydrogens is 260 g/mol. The maximum atomic E-state index is 9.75. The van der Waals surface area contributed by atoms with E-state index in [1.807, 2.05) is 13.8 Å². The number of hydrogen-bond acceptors (Lipinski definition) is 2. The van der Waals surface area contributed by atoms with Gasteiger partial charge in [0.15, 0.2) is 6.29 Å². The number of fused-ring (bicyclic) bond motifs is 1. The summed E-state index contributed by atoms with van der Waals surface area (Å²) in [7, 11) is 0. The Labute approximate surface area is 129 Å². The summed E-state index contributed by atoms with van der Waals surface area (Å²) >= 11 is 0. The van der Waals surface area contributed by atoms with E-state index in [9.17, 15) is 10.2 Å². The molecule has 0 aromatic heterocycles. The van der Waals surface area contributed by atoms with Crippen molar-refractivity contribution < 1.29 is 10.2 Å². The molecule has 1 aromatic rings. The lowest BCUT2D eigenvalue weighted by Crippen LogP contribution is -2.52. The molecule has 1 aliphatic rings. The number of rotatable bonds is 1. The second kappa shape index (κ2) is 4.57. The molecule has 0 unspecified atom stereocenters. The molecule has 1 aromatic carbocycles. The van der Waals surface area contributed by atoms with Gasteiger partial charge in [0, 0.05) is 5.56 Å². The van der Waals surface area contributed by atoms with E-state index in [1.165, 1.54) is 11.1 Å². The van der Waals surface area contributed by atoms with E-state index in [1.54, 1.807) is 0 Å². The molecule has 1 aliphatic carbocycles. The lowest BCUT2D eigenvalue weighted by atomic mass is 9.47. The summed E-state index contributed by atoms with van der Waals surface area (Å²) in [4.78, 5) is 0. The van der Waals surface area contributed by atoms with Crippen LogP contribution in [0.3, 0.4) is 0 Å². The van der Waals surface area contributed by atoms with Crippen molar-refractivity contribution in [3.8, 4) is 0 Å². The quantitative estimate of drug-likeness (QED) is 0.762. The van der Waals surface area contributed by atoms with Crippen molar-refractivity contribution in [2.45, 2.75) is 73.5 Å². The molecule has 0 saturated heterocycles. The predicted molar refractivity (Wildman–Crippen MR) is 87.4 cm³/mol. The number of aryl methyl sites for hydroxylation is 1. The zero-order valence-corrected chi connectivity index (χ0v) is 14.8. The highest BCUT2D eigenvalue weighted by Crippen LogP contribution is 2.59. The Morgan fingerprint density at radius 2 is 1.52 bits per heavy atom. The molecule has 2 rings (SSSR count). The van der Waals surface area contributed by atoms with Gasteiger partial charge in [0.2, 0.25) is 0 Å². The largest absolute Gasteiger partial charge is 0.364 e. The van der Waals surface area contributed by atoms with E-state index < -0.39 is 6.29 Å². The van der Waals surface area contributed by atoms with E-state index in [-0.39, 0.29) is 16.2 Å². The topological polar surface area (TPSA) is 40.5 Å². The van der Waals surface area contributed by atoms with Crippen LogP contribution in [0.15, 0.2) is 6.07 Å². The summed E-state index contributed by atoms with van der Waals surface area (Å²) in [6.45, 7) is 18.0. The van der Waals surface area contributed by atoms with Crippen LogP contribution in [0, 0.1) is 24.7 Å². The Hall–Kier alpha value is -0.860. The van der Waals surface area contributed by atoms with Crippen molar-refractivity contribution >= 4 is 0 Å². The first-order valence-electron chi connectivity index (χ1n) is 7.84. The summed E-state index contributed by atoms with van der Waals surface area (Å²) in [5, 5.41) is 19.5. The van der Waals surface area contributed by atoms with Gasteiger partial charge in [0.25, 0.3) is 0 Å². The van der Waals surface area contributed by atoms with Crippen LogP contribution in [-0.2, 0) is 11.8 Å². The van der Waals surface area contributed by atoms with Crippen LogP contribution in [0.1, 0.15) is 75.6 Å². The molecule has 2 nitrogen and oxygen atoms in total. The zero-order chi connectivity index (χ0) is 16.4. The first kappa shape index (κ1) is 16.5. The zero-order valence-electron chi connectivity index (χ0n) is 14.8. The molecule has 0 saturated carbocycles. The SMILES string of the molecule is Cc1cc2c(c(C)c1C(O)O)C(C)(C)C(C)(C)C(C)(C)C2. The molecule has 0 spiro atoms. The molecule has 0 aliphatic heterocycles. The van der Waals surface area contributed by atoms with Crippen molar-refractivity contribution in [1.29, 1.82) is 0 Å². The van der Waals surface area contributed by atoms with E-state index in [4.69, 9.17) is 0 Å². The van der Waals surface area contributed by atoms with Crippen LogP contribution in [0.25, 0.3) is 0 Å². The van der Waals surface area contributed by atoms with Crippen molar-refractivity contribution in [3.05, 3.63) is 33.9 Å². The Bertz CT molecular complexity index is 578. The van der Waals surface area contributed by atoms with Gasteiger partial charge in [-0.3, -0.25) is 0 Å². The van der Waals surface area contributed by atoms with Crippen molar-refractivity contribution in [2.75, 3.05) is 0 Å². The standard InChI is InChI=1S/C19H30O2/c1-11-9-13-10-17(3,4)19(7,8)18(5,6)15(13)12(2)14(11)16(20)21/h9,16,20-21H,10H2,1-8H3. The predicted octanol–water partition coefficient (Wildman–Crippen LogP) is 4.17. The monoisotopic (exact) mass is 290 g/mol. The first-order chi connectivity index (χ1) is 9.34. The Balaban J connectivity index is 2.84. The number of aliphatic hydroxyl groups is 2. The number of benzene rings is 1. The summed E-state index contributed by atoms with van der Waals surface area (Å²) in [5.41, 5.74) is 5.67. The molecular formula is C19H30O2. The molecule has 118 valence electrons. The molecule has 21 heavy (non-hydrogen) atoms. The second-order valence-electron chi connectivity index (χ2n) is 8.45. The van der Waals surface area contributed by atoms with Crippen LogP contribution in [0.2, 0.25) is 0 Å². The normalized spacial score (nSPS) is 22.2. The highest BCUT2D eigenvalue weighted by Gasteiger charge is 2.53. The first-order valence-corrected chi connectivity index (χ1v) is 7.84. The smallest absolute Gasteiger partial charge is 0.178 e. The van der Waals surface area contributed by atoms with Crippen LogP contribution >= 0.6 is 0 Å². The highest BCUT2D eigenvalue weighted by atomic mass is 16.5. The summed E-state index contributed by atoms with van der Waals surface area (Å²) < 4.78 is 0. The average Bonchev–Trinajstić information content (AvgIpc) is 2.24. The van der Waals surface area contributed by atoms with Crippen molar-refractivity contribution in [1.82, 2.24) is 0 Å². The molecule has 0 fully saturated rings. The Morgan fingerprint density at radius 1 is 1.00 bits per heavy atom. The molecule has 2 N–H and O–H groups in total. The fourth-order valence-corrected chi connectivity index (χ4v) is 4.34. The fourth-order valence-electron chi connectivity index (χ4n) is 4.34. The van der Waals surface area contributed by atoms with Gasteiger partial charge in [-0.2, -0.15) is 0 Å². The minimum atomic E-state index is -1.40. The average molecular weight is 290 g/mol. The summed E-state index contributed by atoms with van der Waals surface area (Å²) in [6.07, 6.45) is -0.369. The lowest BCUT2D eigenvalue weighted by molar-refractivity contribution is -0.0439. The molecule has 0 radical (unpaired) electrons. The Morgan fingerprint density at radius 3 is 2.00 bits per heavy atom. The van der Waals surface area contributed by atoms with E-state index >= 15 is 0 Å². The van der Waals surface area contributed by atoms with Gasteiger partial charge in [0.05, 0.1) is 0 Å². The van der Waals surface area contributed by atoms with E-state index in [0.29, 0.717) is 5.56 Å². The third kappa shape index (κ3) is 2.07. The number of hydrogen-bond donors (Lipinski definition) is 2. The van der Waals surface area contributed by atoms with Crippen molar-refractivity contribution in [2.24, 2.45) is 10.8 Å². The maximum absolute atomic E-state index is 9.75. The van der Waals surface area contributed by atoms with E-state index in [2.05, 4.69) is 47.6 Å². The van der Waals surface area contributed by atoms with E-state index in [0.717, 1.165) is 17.5 Å². The van der Waals surface area contributed by atoms with Crippen LogP contribution in [0.5, 0.6) is 0 Å².